The molecule has 6 nitrogen and oxygen atoms in total. The van der Waals surface area contributed by atoms with E-state index in [9.17, 15) is 22.4 Å². The number of nitrogens with one attached hydrogen (secondary N) is 1. The van der Waals surface area contributed by atoms with Gasteiger partial charge in [-0.3, -0.25) is 0 Å². The number of hydrogen-bond acceptors (Lipinski definition) is 3. The molecule has 0 atom stereocenters. The van der Waals surface area contributed by atoms with Crippen LogP contribution in [0.15, 0.2) is 18.2 Å². The van der Waals surface area contributed by atoms with Gasteiger partial charge in [0.15, 0.2) is 5.82 Å². The van der Waals surface area contributed by atoms with Gasteiger partial charge >= 0.3 is 11.4 Å². The highest BCUT2D eigenvalue weighted by molar-refractivity contribution is 6.21. The van der Waals surface area contributed by atoms with Gasteiger partial charge in [-0.25, -0.2) is 13.6 Å². The van der Waals surface area contributed by atoms with E-state index >= 15 is 0 Å². The van der Waals surface area contributed by atoms with E-state index in [4.69, 9.17) is 11.6 Å². The molecular formula is C14H12ClF4N5O. The highest BCUT2D eigenvalue weighted by atomic mass is 35.5. The molecule has 0 bridgehead atoms. The van der Waals surface area contributed by atoms with Crippen molar-refractivity contribution in [2.75, 3.05) is 6.54 Å². The minimum atomic E-state index is -3.64. The quantitative estimate of drug-likeness (QED) is 0.660. The Morgan fingerprint density at radius 2 is 2.04 bits per heavy atom. The summed E-state index contributed by atoms with van der Waals surface area (Å²) < 4.78 is 53.9. The van der Waals surface area contributed by atoms with Crippen LogP contribution in [0.2, 0.25) is 0 Å². The molecular weight excluding hydrogens is 366 g/mol. The average molecular weight is 378 g/mol. The van der Waals surface area contributed by atoms with Crippen molar-refractivity contribution in [3.05, 3.63) is 47.0 Å². The molecule has 2 aromatic rings. The van der Waals surface area contributed by atoms with E-state index in [0.29, 0.717) is 0 Å². The van der Waals surface area contributed by atoms with Crippen molar-refractivity contribution >= 4 is 17.6 Å². The molecule has 11 heteroatoms. The standard InChI is InChI=1S/C14H12ClF4N5O/c15-14(18,19)12-22-21-11-7-23(3-4-24(11)12)13(25)20-6-8-1-2-9(16)5-10(8)17/h1-2,5H,3-4,6-7H2,(H,20,25). The van der Waals surface area contributed by atoms with Gasteiger partial charge in [0, 0.05) is 31.3 Å². The minimum Gasteiger partial charge on any atom is -0.334 e. The summed E-state index contributed by atoms with van der Waals surface area (Å²) >= 11 is 4.97. The van der Waals surface area contributed by atoms with Gasteiger partial charge in [-0.15, -0.1) is 10.2 Å². The highest BCUT2D eigenvalue weighted by Crippen LogP contribution is 2.32. The van der Waals surface area contributed by atoms with Gasteiger partial charge in [-0.05, 0) is 17.7 Å². The van der Waals surface area contributed by atoms with Crippen LogP contribution in [0, 0.1) is 11.6 Å². The smallest absolute Gasteiger partial charge is 0.334 e. The first-order valence-corrected chi connectivity index (χ1v) is 7.59. The second-order valence-corrected chi connectivity index (χ2v) is 5.88. The van der Waals surface area contributed by atoms with E-state index in [-0.39, 0.29) is 37.6 Å². The molecule has 0 saturated heterocycles. The largest absolute Gasteiger partial charge is 0.381 e. The number of urea groups is 1. The molecule has 1 aromatic carbocycles. The zero-order valence-electron chi connectivity index (χ0n) is 12.6. The molecule has 0 aliphatic carbocycles. The maximum absolute atomic E-state index is 13.5. The molecule has 2 heterocycles. The Bertz CT molecular complexity index is 807. The molecule has 3 rings (SSSR count). The van der Waals surface area contributed by atoms with Crippen molar-refractivity contribution in [2.45, 2.75) is 25.0 Å². The molecule has 0 radical (unpaired) electrons. The fourth-order valence-corrected chi connectivity index (χ4v) is 2.63. The fraction of sp³-hybridized carbons (Fsp3) is 0.357. The summed E-state index contributed by atoms with van der Waals surface area (Å²) in [4.78, 5) is 13.5. The molecule has 25 heavy (non-hydrogen) atoms. The lowest BCUT2D eigenvalue weighted by atomic mass is 10.2. The lowest BCUT2D eigenvalue weighted by molar-refractivity contribution is 0.0772. The van der Waals surface area contributed by atoms with Crippen LogP contribution in [0.1, 0.15) is 17.2 Å². The first-order valence-electron chi connectivity index (χ1n) is 7.21. The lowest BCUT2D eigenvalue weighted by Crippen LogP contribution is -2.44. The molecule has 0 saturated carbocycles. The number of fused-ring (bicyclic) bond motifs is 1. The van der Waals surface area contributed by atoms with E-state index < -0.39 is 28.9 Å². The van der Waals surface area contributed by atoms with E-state index in [1.165, 1.54) is 11.0 Å². The van der Waals surface area contributed by atoms with Crippen LogP contribution >= 0.6 is 11.6 Å². The van der Waals surface area contributed by atoms with Crippen LogP contribution in [0.3, 0.4) is 0 Å². The Morgan fingerprint density at radius 1 is 1.28 bits per heavy atom. The third kappa shape index (κ3) is 3.68. The highest BCUT2D eigenvalue weighted by Gasteiger charge is 2.37. The first kappa shape index (κ1) is 17.5. The van der Waals surface area contributed by atoms with Crippen molar-refractivity contribution in [3.8, 4) is 0 Å². The van der Waals surface area contributed by atoms with E-state index in [1.807, 2.05) is 0 Å². The zero-order chi connectivity index (χ0) is 18.2. The van der Waals surface area contributed by atoms with E-state index in [0.717, 1.165) is 16.7 Å². The number of aromatic nitrogens is 3. The summed E-state index contributed by atoms with van der Waals surface area (Å²) in [5, 5.41) is 5.83. The predicted octanol–water partition coefficient (Wildman–Crippen LogP) is 2.57. The van der Waals surface area contributed by atoms with Gasteiger partial charge in [-0.1, -0.05) is 6.07 Å². The second-order valence-electron chi connectivity index (χ2n) is 5.41. The molecule has 1 aliphatic rings. The third-order valence-corrected chi connectivity index (χ3v) is 3.91. The number of hydrogen-bond donors (Lipinski definition) is 1. The molecule has 1 N–H and O–H groups in total. The van der Waals surface area contributed by atoms with Gasteiger partial charge in [0.05, 0.1) is 6.54 Å². The Balaban J connectivity index is 1.64. The summed E-state index contributed by atoms with van der Waals surface area (Å²) in [5.74, 6) is -1.98. The van der Waals surface area contributed by atoms with Crippen molar-refractivity contribution in [1.29, 1.82) is 0 Å². The fourth-order valence-electron chi connectivity index (χ4n) is 2.49. The predicted molar refractivity (Wildman–Crippen MR) is 78.8 cm³/mol. The number of halogens is 5. The topological polar surface area (TPSA) is 63.1 Å². The molecule has 0 fully saturated rings. The number of nitrogens with zero attached hydrogens (tertiary/aromatic N) is 4. The Kier molecular flexibility index (Phi) is 4.55. The second kappa shape index (κ2) is 6.51. The Hall–Kier alpha value is -2.36. The van der Waals surface area contributed by atoms with Crippen molar-refractivity contribution in [3.63, 3.8) is 0 Å². The summed E-state index contributed by atoms with van der Waals surface area (Å²) in [7, 11) is 0. The summed E-state index contributed by atoms with van der Waals surface area (Å²) in [5.41, 5.74) is 0.124. The number of carbonyl (C=O) groups excluding carboxylic acids is 1. The van der Waals surface area contributed by atoms with Gasteiger partial charge in [0.2, 0.25) is 5.82 Å². The summed E-state index contributed by atoms with van der Waals surface area (Å²) in [6.07, 6.45) is 0. The van der Waals surface area contributed by atoms with Crippen LogP contribution in [-0.4, -0.2) is 32.2 Å². The van der Waals surface area contributed by atoms with Crippen LogP contribution in [0.25, 0.3) is 0 Å². The molecule has 134 valence electrons. The first-order chi connectivity index (χ1) is 11.8. The maximum atomic E-state index is 13.5. The molecule has 0 spiro atoms. The van der Waals surface area contributed by atoms with Crippen LogP contribution in [0.4, 0.5) is 22.4 Å². The van der Waals surface area contributed by atoms with Crippen molar-refractivity contribution in [2.24, 2.45) is 0 Å². The number of benzene rings is 1. The monoisotopic (exact) mass is 377 g/mol. The molecule has 1 aromatic heterocycles. The minimum absolute atomic E-state index is 0.0439. The maximum Gasteiger partial charge on any atom is 0.381 e. The number of rotatable bonds is 3. The average Bonchev–Trinajstić information content (AvgIpc) is 2.97. The third-order valence-electron chi connectivity index (χ3n) is 3.74. The van der Waals surface area contributed by atoms with Crippen molar-refractivity contribution < 1.29 is 22.4 Å². The Labute approximate surface area is 144 Å². The summed E-state index contributed by atoms with van der Waals surface area (Å²) in [6.45, 7) is -0.00209. The zero-order valence-corrected chi connectivity index (χ0v) is 13.4. The molecule has 2 amide bonds. The molecule has 0 unspecified atom stereocenters. The van der Waals surface area contributed by atoms with E-state index in [1.54, 1.807) is 0 Å². The Morgan fingerprint density at radius 3 is 2.72 bits per heavy atom. The van der Waals surface area contributed by atoms with E-state index in [2.05, 4.69) is 15.5 Å². The molecule has 1 aliphatic heterocycles. The number of alkyl halides is 3. The van der Waals surface area contributed by atoms with Crippen LogP contribution in [0.5, 0.6) is 0 Å². The van der Waals surface area contributed by atoms with Crippen molar-refractivity contribution in [1.82, 2.24) is 25.0 Å². The summed E-state index contributed by atoms with van der Waals surface area (Å²) in [6, 6.07) is 2.50. The van der Waals surface area contributed by atoms with Gasteiger partial charge in [0.25, 0.3) is 0 Å². The number of amides is 2. The lowest BCUT2D eigenvalue weighted by Gasteiger charge is -2.28. The van der Waals surface area contributed by atoms with Gasteiger partial charge in [0.1, 0.15) is 11.6 Å². The van der Waals surface area contributed by atoms with Crippen LogP contribution in [-0.2, 0) is 25.0 Å². The van der Waals surface area contributed by atoms with Gasteiger partial charge in [-0.2, -0.15) is 8.78 Å². The van der Waals surface area contributed by atoms with Crippen LogP contribution < -0.4 is 5.32 Å². The SMILES string of the molecule is O=C(NCc1ccc(F)cc1F)N1CCn2c(nnc2C(F)(F)Cl)C1. The number of carbonyl (C=O) groups is 1. The van der Waals surface area contributed by atoms with Gasteiger partial charge < -0.3 is 14.8 Å². The normalized spacial score (nSPS) is 14.4.